The fraction of sp³-hybridized carbons (Fsp3) is 0.885. The van der Waals surface area contributed by atoms with E-state index in [4.69, 9.17) is 14.2 Å². The van der Waals surface area contributed by atoms with E-state index in [0.29, 0.717) is 24.0 Å². The Morgan fingerprint density at radius 2 is 1.29 bits per heavy atom. The van der Waals surface area contributed by atoms with Crippen molar-refractivity contribution >= 4 is 39.5 Å². The zero-order chi connectivity index (χ0) is 25.1. The van der Waals surface area contributed by atoms with Crippen molar-refractivity contribution in [1.82, 2.24) is 0 Å². The van der Waals surface area contributed by atoms with Gasteiger partial charge < -0.3 is 14.2 Å². The Balaban J connectivity index is 2.36. The molecule has 0 radical (unpaired) electrons. The third kappa shape index (κ3) is 15.9. The van der Waals surface area contributed by atoms with Crippen molar-refractivity contribution < 1.29 is 28.6 Å². The van der Waals surface area contributed by atoms with Gasteiger partial charge in [-0.15, -0.1) is 0 Å². The van der Waals surface area contributed by atoms with Gasteiger partial charge in [-0.25, -0.2) is 0 Å². The molecule has 0 N–H and O–H groups in total. The maximum absolute atomic E-state index is 12.2. The molecule has 0 aromatic carbocycles. The Morgan fingerprint density at radius 3 is 1.79 bits per heavy atom. The summed E-state index contributed by atoms with van der Waals surface area (Å²) in [6.07, 6.45) is 12.3. The van der Waals surface area contributed by atoms with Gasteiger partial charge in [0.25, 0.3) is 0 Å². The SMILES string of the molecule is CCCCCCC(=O)OCC(COC(=O)CCCC[C@]1(C)CCSS1)OC(=O)CCCCCC. The summed E-state index contributed by atoms with van der Waals surface area (Å²) in [6, 6.07) is 0. The molecule has 0 bridgehead atoms. The molecular weight excluding hydrogens is 472 g/mol. The summed E-state index contributed by atoms with van der Waals surface area (Å²) in [5.41, 5.74) is 0. The number of carbonyl (C=O) groups excluding carboxylic acids is 3. The van der Waals surface area contributed by atoms with E-state index in [-0.39, 0.29) is 31.1 Å². The van der Waals surface area contributed by atoms with Gasteiger partial charge in [0.1, 0.15) is 13.2 Å². The van der Waals surface area contributed by atoms with Crippen LogP contribution in [0, 0.1) is 0 Å². The molecule has 1 rings (SSSR count). The average Bonchev–Trinajstić information content (AvgIpc) is 3.25. The standard InChI is InChI=1S/C26H46O6S2/c1-4-6-8-10-14-23(27)30-20-22(32-25(29)16-11-9-7-5-2)21-31-24(28)15-12-13-17-26(3)18-19-33-34-26/h22H,4-21H2,1-3H3/t22?,26-/m1/s1. The molecule has 0 amide bonds. The smallest absolute Gasteiger partial charge is 0.306 e. The molecule has 0 aromatic heterocycles. The second kappa shape index (κ2) is 19.3. The van der Waals surface area contributed by atoms with Crippen LogP contribution < -0.4 is 0 Å². The van der Waals surface area contributed by atoms with Gasteiger partial charge in [0, 0.05) is 29.8 Å². The van der Waals surface area contributed by atoms with Crippen molar-refractivity contribution in [3.05, 3.63) is 0 Å². The predicted octanol–water partition coefficient (Wildman–Crippen LogP) is 7.03. The molecule has 0 saturated carbocycles. The van der Waals surface area contributed by atoms with Crippen molar-refractivity contribution in [2.75, 3.05) is 19.0 Å². The molecule has 0 aromatic rings. The molecule has 1 saturated heterocycles. The highest BCUT2D eigenvalue weighted by Gasteiger charge is 2.29. The topological polar surface area (TPSA) is 78.9 Å². The van der Waals surface area contributed by atoms with Crippen LogP contribution in [0.2, 0.25) is 0 Å². The number of rotatable bonds is 20. The highest BCUT2D eigenvalue weighted by Crippen LogP contribution is 2.49. The van der Waals surface area contributed by atoms with Crippen molar-refractivity contribution in [3.8, 4) is 0 Å². The van der Waals surface area contributed by atoms with Crippen LogP contribution in [0.4, 0.5) is 0 Å². The van der Waals surface area contributed by atoms with E-state index in [9.17, 15) is 14.4 Å². The number of carbonyl (C=O) groups is 3. The Hall–Kier alpha value is -0.890. The third-order valence-electron chi connectivity index (χ3n) is 5.94. The van der Waals surface area contributed by atoms with Gasteiger partial charge in [0.15, 0.2) is 6.10 Å². The minimum absolute atomic E-state index is 0.0756. The lowest BCUT2D eigenvalue weighted by Crippen LogP contribution is -2.30. The fourth-order valence-corrected chi connectivity index (χ4v) is 6.98. The lowest BCUT2D eigenvalue weighted by atomic mass is 9.99. The van der Waals surface area contributed by atoms with Crippen molar-refractivity contribution in [3.63, 3.8) is 0 Å². The van der Waals surface area contributed by atoms with E-state index in [1.54, 1.807) is 0 Å². The van der Waals surface area contributed by atoms with Crippen molar-refractivity contribution in [2.24, 2.45) is 0 Å². The van der Waals surface area contributed by atoms with Crippen LogP contribution in [0.25, 0.3) is 0 Å². The largest absolute Gasteiger partial charge is 0.462 e. The first-order valence-corrected chi connectivity index (χ1v) is 15.5. The van der Waals surface area contributed by atoms with Crippen LogP contribution in [0.3, 0.4) is 0 Å². The van der Waals surface area contributed by atoms with Gasteiger partial charge in [0.05, 0.1) is 0 Å². The Labute approximate surface area is 214 Å². The van der Waals surface area contributed by atoms with Gasteiger partial charge in [0.2, 0.25) is 0 Å². The molecule has 1 heterocycles. The highest BCUT2D eigenvalue weighted by atomic mass is 33.1. The molecule has 0 aliphatic carbocycles. The van der Waals surface area contributed by atoms with Crippen LogP contribution in [0.1, 0.15) is 117 Å². The maximum atomic E-state index is 12.2. The van der Waals surface area contributed by atoms with Gasteiger partial charge >= 0.3 is 17.9 Å². The van der Waals surface area contributed by atoms with Gasteiger partial charge in [-0.1, -0.05) is 80.4 Å². The first kappa shape index (κ1) is 31.1. The summed E-state index contributed by atoms with van der Waals surface area (Å²) >= 11 is 0. The van der Waals surface area contributed by atoms with E-state index < -0.39 is 6.10 Å². The summed E-state index contributed by atoms with van der Waals surface area (Å²) in [5, 5.41) is 0. The number of hydrogen-bond donors (Lipinski definition) is 0. The molecule has 2 atom stereocenters. The highest BCUT2D eigenvalue weighted by molar-refractivity contribution is 8.77. The first-order chi connectivity index (χ1) is 16.4. The van der Waals surface area contributed by atoms with Gasteiger partial charge in [-0.05, 0) is 39.0 Å². The Kier molecular flexibility index (Phi) is 17.7. The normalized spacial score (nSPS) is 18.4. The van der Waals surface area contributed by atoms with E-state index in [2.05, 4.69) is 20.8 Å². The lowest BCUT2D eigenvalue weighted by molar-refractivity contribution is -0.167. The summed E-state index contributed by atoms with van der Waals surface area (Å²) in [7, 11) is 3.89. The van der Waals surface area contributed by atoms with E-state index in [0.717, 1.165) is 70.6 Å². The number of ether oxygens (including phenoxy) is 3. The monoisotopic (exact) mass is 518 g/mol. The average molecular weight is 519 g/mol. The molecule has 34 heavy (non-hydrogen) atoms. The van der Waals surface area contributed by atoms with E-state index in [1.807, 2.05) is 21.6 Å². The molecule has 6 nitrogen and oxygen atoms in total. The Bertz CT molecular complexity index is 578. The lowest BCUT2D eigenvalue weighted by Gasteiger charge is -2.21. The number of esters is 3. The van der Waals surface area contributed by atoms with Crippen LogP contribution in [0.5, 0.6) is 0 Å². The molecule has 1 aliphatic rings. The van der Waals surface area contributed by atoms with Crippen molar-refractivity contribution in [2.45, 2.75) is 128 Å². The van der Waals surface area contributed by atoms with E-state index in [1.165, 1.54) is 12.2 Å². The molecule has 198 valence electrons. The van der Waals surface area contributed by atoms with Crippen LogP contribution in [0.15, 0.2) is 0 Å². The summed E-state index contributed by atoms with van der Waals surface area (Å²) in [4.78, 5) is 36.4. The van der Waals surface area contributed by atoms with Crippen molar-refractivity contribution in [1.29, 1.82) is 0 Å². The second-order valence-corrected chi connectivity index (χ2v) is 12.4. The summed E-state index contributed by atoms with van der Waals surface area (Å²) in [5.74, 6) is 0.262. The minimum atomic E-state index is -0.756. The minimum Gasteiger partial charge on any atom is -0.462 e. The van der Waals surface area contributed by atoms with Crippen LogP contribution in [-0.4, -0.2) is 47.7 Å². The van der Waals surface area contributed by atoms with Crippen LogP contribution >= 0.6 is 21.6 Å². The Morgan fingerprint density at radius 1 is 0.765 bits per heavy atom. The molecule has 1 aliphatic heterocycles. The fourth-order valence-electron chi connectivity index (χ4n) is 3.69. The first-order valence-electron chi connectivity index (χ1n) is 13.2. The van der Waals surface area contributed by atoms with Gasteiger partial charge in [-0.3, -0.25) is 14.4 Å². The second-order valence-electron chi connectivity index (χ2n) is 9.41. The molecule has 8 heteroatoms. The quantitative estimate of drug-likeness (QED) is 0.0735. The van der Waals surface area contributed by atoms with Crippen LogP contribution in [-0.2, 0) is 28.6 Å². The van der Waals surface area contributed by atoms with Gasteiger partial charge in [-0.2, -0.15) is 0 Å². The zero-order valence-corrected chi connectivity index (χ0v) is 23.2. The molecular formula is C26H46O6S2. The molecule has 0 spiro atoms. The number of hydrogen-bond acceptors (Lipinski definition) is 8. The number of unbranched alkanes of at least 4 members (excludes halogenated alkanes) is 7. The summed E-state index contributed by atoms with van der Waals surface area (Å²) in [6.45, 7) is 6.38. The maximum Gasteiger partial charge on any atom is 0.306 e. The third-order valence-corrected chi connectivity index (χ3v) is 9.30. The van der Waals surface area contributed by atoms with E-state index >= 15 is 0 Å². The predicted molar refractivity (Wildman–Crippen MR) is 141 cm³/mol. The molecule has 1 unspecified atom stereocenters. The molecule has 1 fully saturated rings. The zero-order valence-electron chi connectivity index (χ0n) is 21.6. The summed E-state index contributed by atoms with van der Waals surface area (Å²) < 4.78 is 16.5.